The van der Waals surface area contributed by atoms with Crippen molar-refractivity contribution in [3.05, 3.63) is 29.8 Å². The molecule has 80 valence electrons. The summed E-state index contributed by atoms with van der Waals surface area (Å²) < 4.78 is 5.48. The van der Waals surface area contributed by atoms with Gasteiger partial charge in [0.2, 0.25) is 0 Å². The predicted octanol–water partition coefficient (Wildman–Crippen LogP) is 1.94. The number of hydrogen-bond donors (Lipinski definition) is 1. The van der Waals surface area contributed by atoms with E-state index in [4.69, 9.17) is 10.00 Å². The molecule has 0 aliphatic carbocycles. The van der Waals surface area contributed by atoms with Crippen molar-refractivity contribution >= 4 is 0 Å². The summed E-state index contributed by atoms with van der Waals surface area (Å²) in [6.45, 7) is 4.67. The van der Waals surface area contributed by atoms with Crippen LogP contribution >= 0.6 is 0 Å². The lowest BCUT2D eigenvalue weighted by Gasteiger charge is -2.06. The maximum absolute atomic E-state index is 8.60. The summed E-state index contributed by atoms with van der Waals surface area (Å²) in [5.74, 6) is 0.812. The average molecular weight is 204 g/mol. The summed E-state index contributed by atoms with van der Waals surface area (Å²) >= 11 is 0. The molecule has 0 radical (unpaired) electrons. The second-order valence-corrected chi connectivity index (χ2v) is 3.23. The van der Waals surface area contributed by atoms with Crippen LogP contribution in [0.1, 0.15) is 18.9 Å². The highest BCUT2D eigenvalue weighted by atomic mass is 16.5. The van der Waals surface area contributed by atoms with Gasteiger partial charge in [0.25, 0.3) is 0 Å². The number of rotatable bonds is 6. The Balaban J connectivity index is 2.23. The van der Waals surface area contributed by atoms with Crippen LogP contribution in [0.2, 0.25) is 0 Å². The maximum atomic E-state index is 8.60. The molecule has 0 spiro atoms. The fraction of sp³-hybridized carbons (Fsp3) is 0.417. The summed E-state index contributed by atoms with van der Waals surface area (Å²) in [6, 6.07) is 9.22. The predicted molar refractivity (Wildman–Crippen MR) is 59.8 cm³/mol. The largest absolute Gasteiger partial charge is 0.492 e. The first-order valence-electron chi connectivity index (χ1n) is 5.20. The van der Waals surface area contributed by atoms with Gasteiger partial charge >= 0.3 is 0 Å². The molecule has 3 nitrogen and oxygen atoms in total. The van der Waals surface area contributed by atoms with Gasteiger partial charge in [-0.05, 0) is 37.2 Å². The van der Waals surface area contributed by atoms with Crippen molar-refractivity contribution in [2.45, 2.75) is 13.3 Å². The Labute approximate surface area is 90.7 Å². The smallest absolute Gasteiger partial charge is 0.119 e. The van der Waals surface area contributed by atoms with Crippen LogP contribution in [-0.4, -0.2) is 19.7 Å². The normalized spacial score (nSPS) is 9.60. The quantitative estimate of drug-likeness (QED) is 0.720. The lowest BCUT2D eigenvalue weighted by Crippen LogP contribution is -2.21. The third-order valence-electron chi connectivity index (χ3n) is 1.96. The number of hydrogen-bond acceptors (Lipinski definition) is 3. The van der Waals surface area contributed by atoms with Crippen LogP contribution in [-0.2, 0) is 0 Å². The van der Waals surface area contributed by atoms with E-state index in [0.29, 0.717) is 12.2 Å². The molecule has 1 rings (SSSR count). The topological polar surface area (TPSA) is 45.0 Å². The number of nitriles is 1. The standard InChI is InChI=1S/C12H16N2O/c1-2-7-14-8-9-15-12-5-3-11(10-13)4-6-12/h3-6,14H,2,7-9H2,1H3. The van der Waals surface area contributed by atoms with E-state index < -0.39 is 0 Å². The fourth-order valence-electron chi connectivity index (χ4n) is 1.17. The molecule has 0 fully saturated rings. The molecule has 0 aliphatic heterocycles. The first kappa shape index (κ1) is 11.5. The molecular formula is C12H16N2O. The number of nitrogens with zero attached hydrogens (tertiary/aromatic N) is 1. The van der Waals surface area contributed by atoms with E-state index in [0.717, 1.165) is 25.3 Å². The van der Waals surface area contributed by atoms with Crippen molar-refractivity contribution in [1.29, 1.82) is 5.26 Å². The van der Waals surface area contributed by atoms with Crippen LogP contribution in [0.15, 0.2) is 24.3 Å². The van der Waals surface area contributed by atoms with Gasteiger partial charge in [-0.3, -0.25) is 0 Å². The van der Waals surface area contributed by atoms with Crippen molar-refractivity contribution < 1.29 is 4.74 Å². The Morgan fingerprint density at radius 2 is 2.00 bits per heavy atom. The van der Waals surface area contributed by atoms with Crippen molar-refractivity contribution in [3.63, 3.8) is 0 Å². The second-order valence-electron chi connectivity index (χ2n) is 3.23. The van der Waals surface area contributed by atoms with Gasteiger partial charge in [-0.1, -0.05) is 6.92 Å². The van der Waals surface area contributed by atoms with E-state index in [1.807, 2.05) is 12.1 Å². The molecule has 0 amide bonds. The molecule has 0 saturated carbocycles. The fourth-order valence-corrected chi connectivity index (χ4v) is 1.17. The molecule has 0 unspecified atom stereocenters. The van der Waals surface area contributed by atoms with Crippen LogP contribution in [0.25, 0.3) is 0 Å². The third kappa shape index (κ3) is 4.48. The zero-order chi connectivity index (χ0) is 10.9. The van der Waals surface area contributed by atoms with Crippen molar-refractivity contribution in [2.75, 3.05) is 19.7 Å². The number of ether oxygens (including phenoxy) is 1. The Bertz CT molecular complexity index is 313. The molecular weight excluding hydrogens is 188 g/mol. The molecule has 15 heavy (non-hydrogen) atoms. The molecule has 1 aromatic rings. The molecule has 1 aromatic carbocycles. The van der Waals surface area contributed by atoms with Gasteiger partial charge < -0.3 is 10.1 Å². The molecule has 0 aromatic heterocycles. The Morgan fingerprint density at radius 1 is 1.27 bits per heavy atom. The van der Waals surface area contributed by atoms with Crippen LogP contribution in [0, 0.1) is 11.3 Å². The molecule has 0 atom stereocenters. The molecule has 0 aliphatic rings. The van der Waals surface area contributed by atoms with E-state index in [9.17, 15) is 0 Å². The first-order chi connectivity index (χ1) is 7.36. The highest BCUT2D eigenvalue weighted by molar-refractivity contribution is 5.34. The van der Waals surface area contributed by atoms with Gasteiger partial charge in [0.1, 0.15) is 12.4 Å². The van der Waals surface area contributed by atoms with E-state index in [1.165, 1.54) is 0 Å². The summed E-state index contributed by atoms with van der Waals surface area (Å²) in [7, 11) is 0. The minimum absolute atomic E-state index is 0.659. The highest BCUT2D eigenvalue weighted by Crippen LogP contribution is 2.10. The van der Waals surface area contributed by atoms with E-state index in [1.54, 1.807) is 12.1 Å². The second kappa shape index (κ2) is 6.86. The zero-order valence-electron chi connectivity index (χ0n) is 8.99. The van der Waals surface area contributed by atoms with Gasteiger partial charge in [0.15, 0.2) is 0 Å². The third-order valence-corrected chi connectivity index (χ3v) is 1.96. The van der Waals surface area contributed by atoms with Gasteiger partial charge in [-0.25, -0.2) is 0 Å². The zero-order valence-corrected chi connectivity index (χ0v) is 8.99. The van der Waals surface area contributed by atoms with Crippen LogP contribution in [0.5, 0.6) is 5.75 Å². The first-order valence-corrected chi connectivity index (χ1v) is 5.20. The van der Waals surface area contributed by atoms with E-state index >= 15 is 0 Å². The molecule has 0 bridgehead atoms. The van der Waals surface area contributed by atoms with Crippen LogP contribution in [0.4, 0.5) is 0 Å². The Kier molecular flexibility index (Phi) is 5.28. The summed E-state index contributed by atoms with van der Waals surface area (Å²) in [5.41, 5.74) is 0.659. The van der Waals surface area contributed by atoms with E-state index in [-0.39, 0.29) is 0 Å². The highest BCUT2D eigenvalue weighted by Gasteiger charge is 1.93. The van der Waals surface area contributed by atoms with Crippen LogP contribution in [0.3, 0.4) is 0 Å². The molecule has 3 heteroatoms. The maximum Gasteiger partial charge on any atom is 0.119 e. The van der Waals surface area contributed by atoms with Crippen molar-refractivity contribution in [2.24, 2.45) is 0 Å². The van der Waals surface area contributed by atoms with Gasteiger partial charge in [-0.2, -0.15) is 5.26 Å². The van der Waals surface area contributed by atoms with Crippen molar-refractivity contribution in [1.82, 2.24) is 5.32 Å². The monoisotopic (exact) mass is 204 g/mol. The number of benzene rings is 1. The summed E-state index contributed by atoms with van der Waals surface area (Å²) in [6.07, 6.45) is 1.14. The van der Waals surface area contributed by atoms with E-state index in [2.05, 4.69) is 18.3 Å². The Morgan fingerprint density at radius 3 is 2.60 bits per heavy atom. The molecule has 0 heterocycles. The van der Waals surface area contributed by atoms with Crippen molar-refractivity contribution in [3.8, 4) is 11.8 Å². The lowest BCUT2D eigenvalue weighted by atomic mass is 10.2. The average Bonchev–Trinajstić information content (AvgIpc) is 2.30. The van der Waals surface area contributed by atoms with Gasteiger partial charge in [0.05, 0.1) is 11.6 Å². The molecule has 1 N–H and O–H groups in total. The Hall–Kier alpha value is -1.53. The minimum Gasteiger partial charge on any atom is -0.492 e. The molecule has 0 saturated heterocycles. The lowest BCUT2D eigenvalue weighted by molar-refractivity contribution is 0.314. The summed E-state index contributed by atoms with van der Waals surface area (Å²) in [5, 5.41) is 11.9. The minimum atomic E-state index is 0.659. The van der Waals surface area contributed by atoms with Gasteiger partial charge in [-0.15, -0.1) is 0 Å². The SMILES string of the molecule is CCCNCCOc1ccc(C#N)cc1. The summed E-state index contributed by atoms with van der Waals surface area (Å²) in [4.78, 5) is 0. The number of nitrogens with one attached hydrogen (secondary N) is 1. The van der Waals surface area contributed by atoms with Gasteiger partial charge in [0, 0.05) is 6.54 Å². The van der Waals surface area contributed by atoms with Crippen LogP contribution < -0.4 is 10.1 Å².